The lowest BCUT2D eigenvalue weighted by Crippen LogP contribution is -2.34. The largest absolute Gasteiger partial charge is 0.480 e. The third kappa shape index (κ3) is 8.92. The van der Waals surface area contributed by atoms with E-state index >= 15 is 4.39 Å². The molecule has 2 unspecified atom stereocenters. The molecule has 0 radical (unpaired) electrons. The topological polar surface area (TPSA) is 121 Å². The lowest BCUT2D eigenvalue weighted by Gasteiger charge is -2.19. The molecule has 3 aromatic rings. The summed E-state index contributed by atoms with van der Waals surface area (Å²) in [6.45, 7) is 5.27. The standard InChI is InChI=1S/C29H28F4N4O5S/c1-28(2,3)41-27(40)34-19-9-5-17(6-10-19)25-35-24(36-42-25)21-13-4-16(14-22(21)30)15-23(26(38)39)37-43-20-11-7-18(8-12-20)29(31,32)33/h4-14,23,25,37H,15H2,1-3H3,(H,34,40)(H,35,36)(H,38,39). The number of carbonyl (C=O) groups is 2. The quantitative estimate of drug-likeness (QED) is 0.159. The molecule has 4 rings (SSSR count). The van der Waals surface area contributed by atoms with Crippen LogP contribution in [0.3, 0.4) is 0 Å². The molecule has 43 heavy (non-hydrogen) atoms. The molecular formula is C29H28F4N4O5S. The zero-order valence-electron chi connectivity index (χ0n) is 23.2. The number of nitrogens with one attached hydrogen (secondary N) is 3. The Morgan fingerprint density at radius 2 is 1.74 bits per heavy atom. The smallest absolute Gasteiger partial charge is 0.416 e. The monoisotopic (exact) mass is 620 g/mol. The van der Waals surface area contributed by atoms with Crippen LogP contribution < -0.4 is 15.5 Å². The number of amides is 1. The number of hydrogen-bond donors (Lipinski definition) is 4. The van der Waals surface area contributed by atoms with E-state index in [1.165, 1.54) is 24.3 Å². The number of benzene rings is 3. The summed E-state index contributed by atoms with van der Waals surface area (Å²) in [7, 11) is 0. The Kier molecular flexibility index (Phi) is 9.62. The summed E-state index contributed by atoms with van der Waals surface area (Å²) in [5, 5.41) is 12.2. The van der Waals surface area contributed by atoms with Gasteiger partial charge in [-0.1, -0.05) is 18.2 Å². The first-order chi connectivity index (χ1) is 20.2. The molecule has 1 heterocycles. The average molecular weight is 621 g/mol. The van der Waals surface area contributed by atoms with Gasteiger partial charge in [0.05, 0.1) is 11.1 Å². The van der Waals surface area contributed by atoms with Crippen LogP contribution in [0.15, 0.2) is 76.6 Å². The first-order valence-corrected chi connectivity index (χ1v) is 13.7. The number of aliphatic carboxylic acids is 1. The molecule has 0 saturated heterocycles. The van der Waals surface area contributed by atoms with Gasteiger partial charge in [0.15, 0.2) is 5.84 Å². The molecule has 1 aliphatic rings. The van der Waals surface area contributed by atoms with Crippen LogP contribution >= 0.6 is 11.9 Å². The summed E-state index contributed by atoms with van der Waals surface area (Å²) >= 11 is 0.862. The number of rotatable bonds is 9. The highest BCUT2D eigenvalue weighted by Crippen LogP contribution is 2.31. The highest BCUT2D eigenvalue weighted by atomic mass is 32.2. The van der Waals surface area contributed by atoms with E-state index in [-0.39, 0.29) is 17.8 Å². The maximum Gasteiger partial charge on any atom is 0.416 e. The van der Waals surface area contributed by atoms with Crippen LogP contribution in [0.2, 0.25) is 0 Å². The normalized spacial score (nSPS) is 15.8. The molecule has 9 nitrogen and oxygen atoms in total. The van der Waals surface area contributed by atoms with Crippen LogP contribution in [-0.2, 0) is 27.0 Å². The molecule has 0 saturated carbocycles. The summed E-state index contributed by atoms with van der Waals surface area (Å²) in [4.78, 5) is 34.0. The Hall–Kier alpha value is -4.14. The lowest BCUT2D eigenvalue weighted by molar-refractivity contribution is -0.139. The molecule has 0 bridgehead atoms. The minimum atomic E-state index is -4.48. The predicted octanol–water partition coefficient (Wildman–Crippen LogP) is 6.46. The van der Waals surface area contributed by atoms with Gasteiger partial charge in [-0.3, -0.25) is 10.1 Å². The Bertz CT molecular complexity index is 1490. The average Bonchev–Trinajstić information content (AvgIpc) is 3.40. The second kappa shape index (κ2) is 13.0. The van der Waals surface area contributed by atoms with Crippen LogP contribution in [0, 0.1) is 5.82 Å². The van der Waals surface area contributed by atoms with E-state index in [1.807, 2.05) is 0 Å². The summed E-state index contributed by atoms with van der Waals surface area (Å²) in [5.74, 6) is -1.74. The van der Waals surface area contributed by atoms with Crippen molar-refractivity contribution in [2.24, 2.45) is 4.99 Å². The van der Waals surface area contributed by atoms with Crippen molar-refractivity contribution in [3.8, 4) is 0 Å². The maximum atomic E-state index is 15.1. The Morgan fingerprint density at radius 3 is 2.33 bits per heavy atom. The minimum Gasteiger partial charge on any atom is -0.480 e. The molecule has 0 fully saturated rings. The van der Waals surface area contributed by atoms with Gasteiger partial charge in [0.1, 0.15) is 17.5 Å². The van der Waals surface area contributed by atoms with Gasteiger partial charge in [-0.25, -0.2) is 29.2 Å². The van der Waals surface area contributed by atoms with Crippen molar-refractivity contribution in [3.63, 3.8) is 0 Å². The molecule has 1 amide bonds. The van der Waals surface area contributed by atoms with E-state index in [4.69, 9.17) is 9.57 Å². The van der Waals surface area contributed by atoms with E-state index in [9.17, 15) is 27.9 Å². The molecule has 1 aliphatic heterocycles. The van der Waals surface area contributed by atoms with Gasteiger partial charge in [0.25, 0.3) is 0 Å². The maximum absolute atomic E-state index is 15.1. The number of aliphatic imine (C=N–C) groups is 1. The van der Waals surface area contributed by atoms with Crippen LogP contribution in [0.4, 0.5) is 28.0 Å². The van der Waals surface area contributed by atoms with Crippen molar-refractivity contribution >= 4 is 35.5 Å². The Labute approximate surface area is 248 Å². The number of carboxylic acid groups (broad SMARTS) is 1. The highest BCUT2D eigenvalue weighted by molar-refractivity contribution is 7.97. The van der Waals surface area contributed by atoms with Crippen molar-refractivity contribution < 1.29 is 41.8 Å². The lowest BCUT2D eigenvalue weighted by atomic mass is 10.0. The SMILES string of the molecule is CC(C)(C)OC(=O)Nc1ccc(C2N=C(c3ccc(CC(NSc4ccc(C(F)(F)F)cc4)C(=O)O)cc3F)NO2)cc1. The third-order valence-corrected chi connectivity index (χ3v) is 6.79. The number of halogens is 4. The molecule has 2 atom stereocenters. The molecule has 3 aromatic carbocycles. The number of ether oxygens (including phenoxy) is 1. The fourth-order valence-electron chi connectivity index (χ4n) is 3.85. The molecule has 0 aliphatic carbocycles. The van der Waals surface area contributed by atoms with Gasteiger partial charge >= 0.3 is 18.2 Å². The molecule has 14 heteroatoms. The molecule has 0 spiro atoms. The minimum absolute atomic E-state index is 0.0944. The Balaban J connectivity index is 1.37. The number of hydrogen-bond acceptors (Lipinski definition) is 8. The summed E-state index contributed by atoms with van der Waals surface area (Å²) < 4.78 is 61.3. The number of alkyl halides is 3. The van der Waals surface area contributed by atoms with Crippen molar-refractivity contribution in [1.82, 2.24) is 10.2 Å². The van der Waals surface area contributed by atoms with Crippen LogP contribution in [0.5, 0.6) is 0 Å². The number of carbonyl (C=O) groups excluding carboxylic acids is 1. The highest BCUT2D eigenvalue weighted by Gasteiger charge is 2.30. The first-order valence-electron chi connectivity index (χ1n) is 12.9. The zero-order valence-corrected chi connectivity index (χ0v) is 24.0. The number of anilines is 1. The van der Waals surface area contributed by atoms with Crippen molar-refractivity contribution in [2.45, 2.75) is 56.1 Å². The van der Waals surface area contributed by atoms with E-state index in [0.717, 1.165) is 24.1 Å². The van der Waals surface area contributed by atoms with Crippen molar-refractivity contribution in [1.29, 1.82) is 0 Å². The third-order valence-electron chi connectivity index (χ3n) is 5.88. The summed E-state index contributed by atoms with van der Waals surface area (Å²) in [6.07, 6.45) is -5.95. The first kappa shape index (κ1) is 31.8. The van der Waals surface area contributed by atoms with E-state index in [2.05, 4.69) is 20.5 Å². The summed E-state index contributed by atoms with van der Waals surface area (Å²) in [5.41, 5.74) is 2.76. The molecular weight excluding hydrogens is 592 g/mol. The van der Waals surface area contributed by atoms with Crippen LogP contribution in [0.25, 0.3) is 0 Å². The number of carboxylic acids is 1. The van der Waals surface area contributed by atoms with Crippen molar-refractivity contribution in [2.75, 3.05) is 5.32 Å². The van der Waals surface area contributed by atoms with Gasteiger partial charge in [-0.15, -0.1) is 0 Å². The molecule has 4 N–H and O–H groups in total. The number of amidine groups is 1. The predicted molar refractivity (Wildman–Crippen MR) is 152 cm³/mol. The fourth-order valence-corrected chi connectivity index (χ4v) is 4.58. The second-order valence-corrected chi connectivity index (χ2v) is 11.4. The Morgan fingerprint density at radius 1 is 1.07 bits per heavy atom. The van der Waals surface area contributed by atoms with Gasteiger partial charge < -0.3 is 9.84 Å². The molecule has 0 aromatic heterocycles. The van der Waals surface area contributed by atoms with E-state index in [0.29, 0.717) is 21.7 Å². The van der Waals surface area contributed by atoms with Crippen molar-refractivity contribution in [3.05, 3.63) is 94.8 Å². The molecule has 228 valence electrons. The van der Waals surface area contributed by atoms with Crippen LogP contribution in [0.1, 0.15) is 49.3 Å². The van der Waals surface area contributed by atoms with Crippen LogP contribution in [-0.4, -0.2) is 34.6 Å². The number of hydroxylamine groups is 1. The second-order valence-electron chi connectivity index (χ2n) is 10.5. The van der Waals surface area contributed by atoms with Gasteiger partial charge in [-0.05, 0) is 93.2 Å². The zero-order chi connectivity index (χ0) is 31.4. The van der Waals surface area contributed by atoms with Gasteiger partial charge in [0.2, 0.25) is 6.23 Å². The number of nitrogens with zero attached hydrogens (tertiary/aromatic N) is 1. The van der Waals surface area contributed by atoms with Gasteiger partial charge in [-0.2, -0.15) is 13.2 Å². The summed E-state index contributed by atoms with van der Waals surface area (Å²) in [6, 6.07) is 14.0. The van der Waals surface area contributed by atoms with Gasteiger partial charge in [0, 0.05) is 16.1 Å². The fraction of sp³-hybridized carbons (Fsp3) is 0.276. The van der Waals surface area contributed by atoms with E-state index < -0.39 is 47.5 Å². The van der Waals surface area contributed by atoms with E-state index in [1.54, 1.807) is 51.1 Å².